The van der Waals surface area contributed by atoms with Crippen molar-refractivity contribution in [3.8, 4) is 5.75 Å². The Balaban J connectivity index is 1.42. The normalized spacial score (nSPS) is 18.2. The number of nitrogens with zero attached hydrogens (tertiary/aromatic N) is 3. The Hall–Kier alpha value is -2.44. The molecule has 2 heterocycles. The summed E-state index contributed by atoms with van der Waals surface area (Å²) >= 11 is 7.73. The lowest BCUT2D eigenvalue weighted by atomic mass is 10.2. The number of carbonyl (C=O) groups is 1. The highest BCUT2D eigenvalue weighted by atomic mass is 35.5. The number of halogens is 1. The Kier molecular flexibility index (Phi) is 6.58. The van der Waals surface area contributed by atoms with Crippen LogP contribution in [0.25, 0.3) is 6.08 Å². The van der Waals surface area contributed by atoms with Gasteiger partial charge in [0.05, 0.1) is 11.0 Å². The van der Waals surface area contributed by atoms with Gasteiger partial charge in [0.15, 0.2) is 5.17 Å². The number of ether oxygens (including phenoxy) is 1. The van der Waals surface area contributed by atoms with Gasteiger partial charge in [-0.3, -0.25) is 4.79 Å². The third kappa shape index (κ3) is 5.08. The zero-order valence-electron chi connectivity index (χ0n) is 18.0. The molecule has 2 aromatic carbocycles. The molecule has 0 aliphatic carbocycles. The predicted octanol–water partition coefficient (Wildman–Crippen LogP) is 5.23. The Morgan fingerprint density at radius 3 is 2.52 bits per heavy atom. The standard InChI is InChI=1S/C24H26ClN3O2S/c1-16(2)30-21-7-5-4-6-18(21)14-22-23(29)26-24(31-22)28-12-10-27(11-13-28)19-9-8-17(3)20(25)15-19/h4-9,14-16H,10-13H2,1-3H3. The number of piperazine rings is 1. The van der Waals surface area contributed by atoms with Crippen LogP contribution in [-0.4, -0.2) is 48.3 Å². The van der Waals surface area contributed by atoms with Crippen LogP contribution in [0.15, 0.2) is 52.4 Å². The fourth-order valence-corrected chi connectivity index (χ4v) is 4.70. The van der Waals surface area contributed by atoms with Gasteiger partial charge in [-0.05, 0) is 62.4 Å². The number of hydrogen-bond donors (Lipinski definition) is 0. The number of carbonyl (C=O) groups excluding carboxylic acids is 1. The number of aryl methyl sites for hydroxylation is 1. The molecule has 0 aromatic heterocycles. The van der Waals surface area contributed by atoms with E-state index in [0.29, 0.717) is 4.91 Å². The Bertz CT molecular complexity index is 1040. The van der Waals surface area contributed by atoms with Crippen molar-refractivity contribution in [2.45, 2.75) is 26.9 Å². The lowest BCUT2D eigenvalue weighted by Gasteiger charge is -2.36. The average Bonchev–Trinajstić information content (AvgIpc) is 3.11. The first-order valence-corrected chi connectivity index (χ1v) is 11.6. The molecule has 1 saturated heterocycles. The van der Waals surface area contributed by atoms with E-state index in [4.69, 9.17) is 16.3 Å². The molecule has 0 unspecified atom stereocenters. The third-order valence-electron chi connectivity index (χ3n) is 5.25. The SMILES string of the molecule is Cc1ccc(N2CCN(C3=NC(=O)C(=Cc4ccccc4OC(C)C)S3)CC2)cc1Cl. The van der Waals surface area contributed by atoms with Gasteiger partial charge in [0, 0.05) is 42.5 Å². The minimum Gasteiger partial charge on any atom is -0.490 e. The third-order valence-corrected chi connectivity index (χ3v) is 6.70. The van der Waals surface area contributed by atoms with Crippen molar-refractivity contribution in [1.82, 2.24) is 4.90 Å². The van der Waals surface area contributed by atoms with Crippen LogP contribution in [0.4, 0.5) is 5.69 Å². The number of benzene rings is 2. The number of amides is 1. The maximum atomic E-state index is 12.6. The highest BCUT2D eigenvalue weighted by molar-refractivity contribution is 8.18. The zero-order valence-corrected chi connectivity index (χ0v) is 19.5. The molecule has 4 rings (SSSR count). The van der Waals surface area contributed by atoms with Crippen molar-refractivity contribution in [2.24, 2.45) is 4.99 Å². The highest BCUT2D eigenvalue weighted by Crippen LogP contribution is 2.33. The summed E-state index contributed by atoms with van der Waals surface area (Å²) < 4.78 is 5.88. The fourth-order valence-electron chi connectivity index (χ4n) is 3.57. The van der Waals surface area contributed by atoms with E-state index in [1.54, 1.807) is 0 Å². The van der Waals surface area contributed by atoms with Gasteiger partial charge < -0.3 is 14.5 Å². The van der Waals surface area contributed by atoms with Gasteiger partial charge in [0.25, 0.3) is 5.91 Å². The fraction of sp³-hybridized carbons (Fsp3) is 0.333. The van der Waals surface area contributed by atoms with Crippen molar-refractivity contribution in [3.63, 3.8) is 0 Å². The zero-order chi connectivity index (χ0) is 22.0. The molecule has 31 heavy (non-hydrogen) atoms. The van der Waals surface area contributed by atoms with E-state index in [-0.39, 0.29) is 12.0 Å². The lowest BCUT2D eigenvalue weighted by molar-refractivity contribution is -0.113. The molecule has 162 valence electrons. The molecule has 0 bridgehead atoms. The maximum absolute atomic E-state index is 12.6. The minimum absolute atomic E-state index is 0.0676. The van der Waals surface area contributed by atoms with Crippen molar-refractivity contribution in [3.05, 3.63) is 63.5 Å². The van der Waals surface area contributed by atoms with Crippen LogP contribution in [0, 0.1) is 6.92 Å². The van der Waals surface area contributed by atoms with Crippen LogP contribution >= 0.6 is 23.4 Å². The lowest BCUT2D eigenvalue weighted by Crippen LogP contribution is -2.47. The predicted molar refractivity (Wildman–Crippen MR) is 130 cm³/mol. The van der Waals surface area contributed by atoms with Crippen LogP contribution in [0.1, 0.15) is 25.0 Å². The summed E-state index contributed by atoms with van der Waals surface area (Å²) in [5.74, 6) is 0.587. The van der Waals surface area contributed by atoms with E-state index in [1.165, 1.54) is 11.8 Å². The molecular formula is C24H26ClN3O2S. The molecule has 0 spiro atoms. The van der Waals surface area contributed by atoms with Crippen LogP contribution in [-0.2, 0) is 4.79 Å². The molecule has 5 nitrogen and oxygen atoms in total. The Labute approximate surface area is 192 Å². The van der Waals surface area contributed by atoms with Gasteiger partial charge >= 0.3 is 0 Å². The van der Waals surface area contributed by atoms with E-state index >= 15 is 0 Å². The molecule has 0 N–H and O–H groups in total. The molecule has 0 saturated carbocycles. The van der Waals surface area contributed by atoms with E-state index in [0.717, 1.165) is 58.9 Å². The van der Waals surface area contributed by atoms with Crippen molar-refractivity contribution >= 4 is 46.2 Å². The van der Waals surface area contributed by atoms with Gasteiger partial charge in [-0.2, -0.15) is 4.99 Å². The van der Waals surface area contributed by atoms with Crippen LogP contribution < -0.4 is 9.64 Å². The molecule has 0 atom stereocenters. The second-order valence-electron chi connectivity index (χ2n) is 7.92. The second kappa shape index (κ2) is 9.37. The molecule has 7 heteroatoms. The first kappa shape index (κ1) is 21.8. The van der Waals surface area contributed by atoms with Gasteiger partial charge in [-0.1, -0.05) is 35.9 Å². The van der Waals surface area contributed by atoms with E-state index in [1.807, 2.05) is 57.2 Å². The first-order chi connectivity index (χ1) is 14.9. The monoisotopic (exact) mass is 455 g/mol. The molecule has 2 aromatic rings. The minimum atomic E-state index is -0.188. The number of aliphatic imine (C=N–C) groups is 1. The number of hydrogen-bond acceptors (Lipinski definition) is 5. The summed E-state index contributed by atoms with van der Waals surface area (Å²) in [5, 5.41) is 1.57. The topological polar surface area (TPSA) is 45.1 Å². The first-order valence-electron chi connectivity index (χ1n) is 10.4. The largest absolute Gasteiger partial charge is 0.490 e. The van der Waals surface area contributed by atoms with Crippen LogP contribution in [0.2, 0.25) is 5.02 Å². The molecule has 1 fully saturated rings. The van der Waals surface area contributed by atoms with Gasteiger partial charge in [0.2, 0.25) is 0 Å². The van der Waals surface area contributed by atoms with Crippen molar-refractivity contribution in [1.29, 1.82) is 0 Å². The van der Waals surface area contributed by atoms with Gasteiger partial charge in [-0.15, -0.1) is 0 Å². The summed E-state index contributed by atoms with van der Waals surface area (Å²) in [6.45, 7) is 9.33. The smallest absolute Gasteiger partial charge is 0.286 e. The number of thioether (sulfide) groups is 1. The molecule has 2 aliphatic rings. The Morgan fingerprint density at radius 1 is 1.10 bits per heavy atom. The summed E-state index contributed by atoms with van der Waals surface area (Å²) in [4.78, 5) is 22.0. The van der Waals surface area contributed by atoms with Crippen LogP contribution in [0.3, 0.4) is 0 Å². The number of rotatable bonds is 4. The van der Waals surface area contributed by atoms with E-state index in [9.17, 15) is 4.79 Å². The number of para-hydroxylation sites is 1. The van der Waals surface area contributed by atoms with E-state index in [2.05, 4.69) is 26.9 Å². The Morgan fingerprint density at radius 2 is 1.81 bits per heavy atom. The second-order valence-corrected chi connectivity index (χ2v) is 9.34. The summed E-state index contributed by atoms with van der Waals surface area (Å²) in [7, 11) is 0. The highest BCUT2D eigenvalue weighted by Gasteiger charge is 2.29. The van der Waals surface area contributed by atoms with Crippen molar-refractivity contribution in [2.75, 3.05) is 31.1 Å². The quantitative estimate of drug-likeness (QED) is 0.591. The molecule has 1 amide bonds. The summed E-state index contributed by atoms with van der Waals surface area (Å²) in [6, 6.07) is 14.0. The summed E-state index contributed by atoms with van der Waals surface area (Å²) in [6.07, 6.45) is 1.95. The van der Waals surface area contributed by atoms with E-state index < -0.39 is 0 Å². The summed E-state index contributed by atoms with van der Waals surface area (Å²) in [5.41, 5.74) is 3.11. The molecule has 0 radical (unpaired) electrons. The molecule has 2 aliphatic heterocycles. The maximum Gasteiger partial charge on any atom is 0.286 e. The molecular weight excluding hydrogens is 430 g/mol. The van der Waals surface area contributed by atoms with Crippen molar-refractivity contribution < 1.29 is 9.53 Å². The average molecular weight is 456 g/mol. The number of anilines is 1. The van der Waals surface area contributed by atoms with Crippen LogP contribution in [0.5, 0.6) is 5.75 Å². The van der Waals surface area contributed by atoms with Gasteiger partial charge in [0.1, 0.15) is 5.75 Å². The van der Waals surface area contributed by atoms with Gasteiger partial charge in [-0.25, -0.2) is 0 Å². The number of amidine groups is 1.